The first-order chi connectivity index (χ1) is 7.97. The monoisotopic (exact) mass is 237 g/mol. The Morgan fingerprint density at radius 3 is 2.41 bits per heavy atom. The minimum Gasteiger partial charge on any atom is -0.480 e. The first-order valence-corrected chi connectivity index (χ1v) is 5.37. The van der Waals surface area contributed by atoms with Crippen LogP contribution in [0.2, 0.25) is 6.32 Å². The van der Waals surface area contributed by atoms with Gasteiger partial charge in [0.25, 0.3) is 0 Å². The molecule has 0 aliphatic carbocycles. The van der Waals surface area contributed by atoms with Gasteiger partial charge in [0.1, 0.15) is 5.54 Å². The molecule has 0 aliphatic rings. The van der Waals surface area contributed by atoms with E-state index in [4.69, 9.17) is 10.0 Å². The van der Waals surface area contributed by atoms with Crippen molar-refractivity contribution in [2.75, 3.05) is 6.54 Å². The Kier molecular flexibility index (Phi) is 4.68. The van der Waals surface area contributed by atoms with Crippen molar-refractivity contribution >= 4 is 13.1 Å². The predicted molar refractivity (Wildman–Crippen MR) is 64.4 cm³/mol. The Hall–Kier alpha value is -1.37. The largest absolute Gasteiger partial charge is 0.480 e. The van der Waals surface area contributed by atoms with Crippen LogP contribution < -0.4 is 5.32 Å². The third-order valence-electron chi connectivity index (χ3n) is 2.66. The lowest BCUT2D eigenvalue weighted by Gasteiger charge is -2.26. The first kappa shape index (κ1) is 13.7. The van der Waals surface area contributed by atoms with Gasteiger partial charge < -0.3 is 15.2 Å². The van der Waals surface area contributed by atoms with Crippen molar-refractivity contribution in [2.24, 2.45) is 0 Å². The summed E-state index contributed by atoms with van der Waals surface area (Å²) in [6.07, 6.45) is 0.0791. The smallest absolute Gasteiger partial charge is 0.452 e. The molecule has 0 saturated heterocycles. The summed E-state index contributed by atoms with van der Waals surface area (Å²) in [4.78, 5) is 11.3. The number of hydrogen-bond acceptors (Lipinski definition) is 4. The maximum Gasteiger partial charge on any atom is 0.452 e. The van der Waals surface area contributed by atoms with Crippen molar-refractivity contribution in [3.63, 3.8) is 0 Å². The fourth-order valence-corrected chi connectivity index (χ4v) is 1.52. The summed E-state index contributed by atoms with van der Waals surface area (Å²) in [5.41, 5.74) is -0.601. The van der Waals surface area contributed by atoms with Gasteiger partial charge in [0, 0.05) is 0 Å². The SMILES string of the molecule is C[C@](NCCB(O)O)(C(=O)O)c1ccccc1. The standard InChI is InChI=1S/C11H16BNO4/c1-11(10(14)15,13-8-7-12(16)17)9-5-3-2-4-6-9/h2-6,13,16-17H,7-8H2,1H3,(H,14,15)/t11-/m1/s1. The van der Waals surface area contributed by atoms with Crippen molar-refractivity contribution in [1.82, 2.24) is 5.32 Å². The molecule has 1 atom stereocenters. The zero-order valence-electron chi connectivity index (χ0n) is 9.63. The minimum atomic E-state index is -1.43. The molecule has 1 aromatic rings. The van der Waals surface area contributed by atoms with Gasteiger partial charge in [-0.1, -0.05) is 30.3 Å². The van der Waals surface area contributed by atoms with Crippen molar-refractivity contribution in [2.45, 2.75) is 18.8 Å². The lowest BCUT2D eigenvalue weighted by molar-refractivity contribution is -0.144. The number of carbonyl (C=O) groups is 1. The van der Waals surface area contributed by atoms with Gasteiger partial charge in [0.2, 0.25) is 0 Å². The van der Waals surface area contributed by atoms with Crippen LogP contribution in [0.4, 0.5) is 0 Å². The van der Waals surface area contributed by atoms with Crippen LogP contribution in [0, 0.1) is 0 Å². The summed E-state index contributed by atoms with van der Waals surface area (Å²) in [7, 11) is -1.43. The van der Waals surface area contributed by atoms with E-state index < -0.39 is 18.6 Å². The lowest BCUT2D eigenvalue weighted by atomic mass is 9.85. The Balaban J connectivity index is 2.80. The average molecular weight is 237 g/mol. The Bertz CT molecular complexity index is 371. The van der Waals surface area contributed by atoms with E-state index in [2.05, 4.69) is 5.32 Å². The highest BCUT2D eigenvalue weighted by Crippen LogP contribution is 2.20. The second-order valence-electron chi connectivity index (χ2n) is 3.99. The van der Waals surface area contributed by atoms with E-state index >= 15 is 0 Å². The summed E-state index contributed by atoms with van der Waals surface area (Å²) in [5.74, 6) is -1.00. The molecule has 0 heterocycles. The molecule has 4 N–H and O–H groups in total. The van der Waals surface area contributed by atoms with Gasteiger partial charge in [-0.15, -0.1) is 0 Å². The minimum absolute atomic E-state index is 0.0791. The van der Waals surface area contributed by atoms with Crippen LogP contribution in [0.25, 0.3) is 0 Å². The summed E-state index contributed by atoms with van der Waals surface area (Å²) in [6, 6.07) is 8.77. The maximum atomic E-state index is 11.3. The molecule has 0 unspecified atom stereocenters. The third-order valence-corrected chi connectivity index (χ3v) is 2.66. The molecule has 1 aromatic carbocycles. The topological polar surface area (TPSA) is 89.8 Å². The number of carboxylic acids is 1. The molecule has 0 amide bonds. The third kappa shape index (κ3) is 3.56. The number of carboxylic acid groups (broad SMARTS) is 1. The molecule has 0 aliphatic heterocycles. The van der Waals surface area contributed by atoms with Crippen LogP contribution in [0.5, 0.6) is 0 Å². The second kappa shape index (κ2) is 5.81. The zero-order valence-corrected chi connectivity index (χ0v) is 9.63. The van der Waals surface area contributed by atoms with Crippen LogP contribution in [-0.2, 0) is 10.3 Å². The van der Waals surface area contributed by atoms with Gasteiger partial charge in [0.15, 0.2) is 0 Å². The van der Waals surface area contributed by atoms with Crippen LogP contribution in [0.15, 0.2) is 30.3 Å². The van der Waals surface area contributed by atoms with Gasteiger partial charge >= 0.3 is 13.1 Å². The fourth-order valence-electron chi connectivity index (χ4n) is 1.52. The molecule has 0 bridgehead atoms. The second-order valence-corrected chi connectivity index (χ2v) is 3.99. The van der Waals surface area contributed by atoms with E-state index in [-0.39, 0.29) is 12.9 Å². The van der Waals surface area contributed by atoms with Crippen molar-refractivity contribution in [3.8, 4) is 0 Å². The van der Waals surface area contributed by atoms with E-state index in [1.165, 1.54) is 0 Å². The van der Waals surface area contributed by atoms with Gasteiger partial charge in [-0.25, -0.2) is 4.79 Å². The van der Waals surface area contributed by atoms with E-state index in [0.717, 1.165) is 0 Å². The molecule has 0 fully saturated rings. The van der Waals surface area contributed by atoms with Gasteiger partial charge in [-0.3, -0.25) is 5.32 Å². The van der Waals surface area contributed by atoms with E-state index in [1.54, 1.807) is 31.2 Å². The molecular weight excluding hydrogens is 221 g/mol. The van der Waals surface area contributed by atoms with Crippen molar-refractivity contribution in [1.29, 1.82) is 0 Å². The van der Waals surface area contributed by atoms with Gasteiger partial charge in [-0.05, 0) is 25.4 Å². The molecule has 17 heavy (non-hydrogen) atoms. The average Bonchev–Trinajstić information content (AvgIpc) is 2.29. The number of benzene rings is 1. The van der Waals surface area contributed by atoms with Crippen molar-refractivity contribution in [3.05, 3.63) is 35.9 Å². The highest BCUT2D eigenvalue weighted by molar-refractivity contribution is 6.41. The van der Waals surface area contributed by atoms with E-state index in [0.29, 0.717) is 5.56 Å². The van der Waals surface area contributed by atoms with Crippen LogP contribution in [-0.4, -0.2) is 34.8 Å². The van der Waals surface area contributed by atoms with Gasteiger partial charge in [0.05, 0.1) is 0 Å². The normalized spacial score (nSPS) is 14.1. The molecule has 1 rings (SSSR count). The summed E-state index contributed by atoms with van der Waals surface area (Å²) >= 11 is 0. The summed E-state index contributed by atoms with van der Waals surface area (Å²) in [6.45, 7) is 1.75. The number of nitrogens with one attached hydrogen (secondary N) is 1. The molecule has 0 spiro atoms. The maximum absolute atomic E-state index is 11.3. The van der Waals surface area contributed by atoms with Crippen molar-refractivity contribution < 1.29 is 19.9 Å². The Labute approximate surface area is 100 Å². The Morgan fingerprint density at radius 2 is 1.94 bits per heavy atom. The highest BCUT2D eigenvalue weighted by atomic mass is 16.4. The highest BCUT2D eigenvalue weighted by Gasteiger charge is 2.34. The van der Waals surface area contributed by atoms with Crippen LogP contribution in [0.1, 0.15) is 12.5 Å². The summed E-state index contributed by atoms with van der Waals surface area (Å²) in [5, 5.41) is 29.5. The van der Waals surface area contributed by atoms with Crippen LogP contribution in [0.3, 0.4) is 0 Å². The molecular formula is C11H16BNO4. The molecule has 92 valence electrons. The fraction of sp³-hybridized carbons (Fsp3) is 0.364. The molecule has 6 heteroatoms. The first-order valence-electron chi connectivity index (χ1n) is 5.37. The molecule has 5 nitrogen and oxygen atoms in total. The number of aliphatic carboxylic acids is 1. The molecule has 0 aromatic heterocycles. The van der Waals surface area contributed by atoms with E-state index in [9.17, 15) is 9.90 Å². The number of hydrogen-bond donors (Lipinski definition) is 4. The summed E-state index contributed by atoms with van der Waals surface area (Å²) < 4.78 is 0. The lowest BCUT2D eigenvalue weighted by Crippen LogP contribution is -2.47. The van der Waals surface area contributed by atoms with E-state index in [1.807, 2.05) is 6.07 Å². The zero-order chi connectivity index (χ0) is 12.9. The van der Waals surface area contributed by atoms with Gasteiger partial charge in [-0.2, -0.15) is 0 Å². The Morgan fingerprint density at radius 1 is 1.35 bits per heavy atom. The number of rotatable bonds is 6. The quantitative estimate of drug-likeness (QED) is 0.525. The predicted octanol–water partition coefficient (Wildman–Crippen LogP) is 0.0488. The molecule has 0 radical (unpaired) electrons. The van der Waals surface area contributed by atoms with Crippen LogP contribution >= 0.6 is 0 Å². The molecule has 0 saturated carbocycles.